The van der Waals surface area contributed by atoms with E-state index in [0.29, 0.717) is 0 Å². The molecule has 0 saturated carbocycles. The van der Waals surface area contributed by atoms with E-state index < -0.39 is 0 Å². The molecule has 0 atom stereocenters. The lowest BCUT2D eigenvalue weighted by atomic mass is 9.93. The molecule has 1 aliphatic rings. The molecule has 2 nitrogen and oxygen atoms in total. The Balaban J connectivity index is 2.36. The summed E-state index contributed by atoms with van der Waals surface area (Å²) in [5, 5.41) is 1.06. The molecule has 1 aliphatic carbocycles. The molecule has 82 valence electrons. The van der Waals surface area contributed by atoms with Gasteiger partial charge < -0.3 is 4.42 Å². The lowest BCUT2D eigenvalue weighted by molar-refractivity contribution is 0.101. The largest absolute Gasteiger partial charge is 0.461 e. The van der Waals surface area contributed by atoms with Crippen molar-refractivity contribution in [3.05, 3.63) is 35.1 Å². The van der Waals surface area contributed by atoms with E-state index >= 15 is 0 Å². The van der Waals surface area contributed by atoms with E-state index in [0.717, 1.165) is 35.1 Å². The molecule has 0 fully saturated rings. The van der Waals surface area contributed by atoms with Gasteiger partial charge in [0.05, 0.1) is 0 Å². The first kappa shape index (κ1) is 9.64. The van der Waals surface area contributed by atoms with Crippen LogP contribution in [-0.2, 0) is 12.8 Å². The zero-order valence-electron chi connectivity index (χ0n) is 9.38. The zero-order valence-corrected chi connectivity index (χ0v) is 9.38. The number of ketones is 1. The van der Waals surface area contributed by atoms with Gasteiger partial charge in [0.25, 0.3) is 0 Å². The van der Waals surface area contributed by atoms with Crippen LogP contribution in [0, 0.1) is 0 Å². The minimum absolute atomic E-state index is 0.125. The van der Waals surface area contributed by atoms with Crippen LogP contribution in [0.15, 0.2) is 22.6 Å². The summed E-state index contributed by atoms with van der Waals surface area (Å²) < 4.78 is 5.83. The zero-order chi connectivity index (χ0) is 11.1. The van der Waals surface area contributed by atoms with Crippen LogP contribution in [0.4, 0.5) is 0 Å². The van der Waals surface area contributed by atoms with Gasteiger partial charge in [0, 0.05) is 22.9 Å². The van der Waals surface area contributed by atoms with E-state index in [-0.39, 0.29) is 5.78 Å². The molecule has 0 amide bonds. The van der Waals surface area contributed by atoms with Gasteiger partial charge in [-0.2, -0.15) is 0 Å². The monoisotopic (exact) mass is 214 g/mol. The Hall–Kier alpha value is -1.57. The highest BCUT2D eigenvalue weighted by Gasteiger charge is 2.20. The molecule has 2 aromatic rings. The fourth-order valence-electron chi connectivity index (χ4n) is 2.61. The number of rotatable bonds is 1. The van der Waals surface area contributed by atoms with Gasteiger partial charge in [-0.25, -0.2) is 0 Å². The summed E-state index contributed by atoms with van der Waals surface area (Å²) >= 11 is 0. The maximum Gasteiger partial charge on any atom is 0.160 e. The Kier molecular flexibility index (Phi) is 2.10. The van der Waals surface area contributed by atoms with Gasteiger partial charge in [0.1, 0.15) is 11.3 Å². The number of furan rings is 1. The Bertz CT molecular complexity index is 563. The van der Waals surface area contributed by atoms with E-state index in [9.17, 15) is 4.79 Å². The third-order valence-electron chi connectivity index (χ3n) is 3.36. The fourth-order valence-corrected chi connectivity index (χ4v) is 2.61. The number of carbonyl (C=O) groups excluding carboxylic acids is 1. The Labute approximate surface area is 94.3 Å². The highest BCUT2D eigenvalue weighted by atomic mass is 16.3. The minimum atomic E-state index is 0.125. The molecular formula is C14H14O2. The highest BCUT2D eigenvalue weighted by molar-refractivity contribution is 6.07. The van der Waals surface area contributed by atoms with Crippen LogP contribution in [0.1, 0.15) is 41.4 Å². The number of hydrogen-bond donors (Lipinski definition) is 0. The first-order chi connectivity index (χ1) is 7.77. The molecule has 0 N–H and O–H groups in total. The average molecular weight is 214 g/mol. The van der Waals surface area contributed by atoms with E-state index in [4.69, 9.17) is 4.42 Å². The predicted octanol–water partition coefficient (Wildman–Crippen LogP) is 3.51. The van der Waals surface area contributed by atoms with Crippen LogP contribution in [-0.4, -0.2) is 5.78 Å². The molecule has 0 spiro atoms. The minimum Gasteiger partial charge on any atom is -0.461 e. The third kappa shape index (κ3) is 1.29. The molecular weight excluding hydrogens is 200 g/mol. The maximum absolute atomic E-state index is 11.6. The van der Waals surface area contributed by atoms with Crippen molar-refractivity contribution in [1.82, 2.24) is 0 Å². The summed E-state index contributed by atoms with van der Waals surface area (Å²) in [5.41, 5.74) is 2.95. The van der Waals surface area contributed by atoms with E-state index in [1.54, 1.807) is 6.92 Å². The van der Waals surface area contributed by atoms with Crippen molar-refractivity contribution in [3.63, 3.8) is 0 Å². The summed E-state index contributed by atoms with van der Waals surface area (Å²) in [6.07, 6.45) is 4.46. The van der Waals surface area contributed by atoms with Crippen LogP contribution in [0.25, 0.3) is 11.0 Å². The summed E-state index contributed by atoms with van der Waals surface area (Å²) in [4.78, 5) is 11.6. The van der Waals surface area contributed by atoms with Crippen molar-refractivity contribution >= 4 is 16.8 Å². The molecule has 0 unspecified atom stereocenters. The Morgan fingerprint density at radius 2 is 2.06 bits per heavy atom. The van der Waals surface area contributed by atoms with Gasteiger partial charge in [-0.15, -0.1) is 0 Å². The predicted molar refractivity (Wildman–Crippen MR) is 62.9 cm³/mol. The molecule has 16 heavy (non-hydrogen) atoms. The summed E-state index contributed by atoms with van der Waals surface area (Å²) in [6, 6.07) is 5.75. The quantitative estimate of drug-likeness (QED) is 0.680. The number of Topliss-reactive ketones (excluding diaryl/α,β-unsaturated/α-hetero) is 1. The number of benzene rings is 1. The third-order valence-corrected chi connectivity index (χ3v) is 3.36. The van der Waals surface area contributed by atoms with Crippen molar-refractivity contribution in [3.8, 4) is 0 Å². The standard InChI is InChI=1S/C14H14O2/c1-9(15)10-6-4-8-13-14(10)11-5-2-3-7-12(11)16-13/h4,6,8H,2-3,5,7H2,1H3. The summed E-state index contributed by atoms with van der Waals surface area (Å²) in [6.45, 7) is 1.62. The first-order valence-corrected chi connectivity index (χ1v) is 5.81. The first-order valence-electron chi connectivity index (χ1n) is 5.81. The van der Waals surface area contributed by atoms with Gasteiger partial charge in [0.2, 0.25) is 0 Å². The highest BCUT2D eigenvalue weighted by Crippen LogP contribution is 2.34. The van der Waals surface area contributed by atoms with Crippen molar-refractivity contribution in [2.24, 2.45) is 0 Å². The molecule has 0 aliphatic heterocycles. The molecule has 1 aromatic carbocycles. The molecule has 0 radical (unpaired) electrons. The van der Waals surface area contributed by atoms with Gasteiger partial charge in [0.15, 0.2) is 5.78 Å². The molecule has 0 saturated heterocycles. The second-order valence-corrected chi connectivity index (χ2v) is 4.45. The lowest BCUT2D eigenvalue weighted by Gasteiger charge is -2.09. The van der Waals surface area contributed by atoms with Gasteiger partial charge >= 0.3 is 0 Å². The maximum atomic E-state index is 11.6. The Morgan fingerprint density at radius 3 is 2.88 bits per heavy atom. The van der Waals surface area contributed by atoms with Gasteiger partial charge in [-0.3, -0.25) is 4.79 Å². The molecule has 2 heteroatoms. The van der Waals surface area contributed by atoms with Gasteiger partial charge in [-0.1, -0.05) is 12.1 Å². The van der Waals surface area contributed by atoms with Crippen LogP contribution < -0.4 is 0 Å². The topological polar surface area (TPSA) is 30.2 Å². The van der Waals surface area contributed by atoms with Crippen LogP contribution in [0.5, 0.6) is 0 Å². The smallest absolute Gasteiger partial charge is 0.160 e. The van der Waals surface area contributed by atoms with Crippen molar-refractivity contribution < 1.29 is 9.21 Å². The SMILES string of the molecule is CC(=O)c1cccc2oc3c(c12)CCCC3. The summed E-state index contributed by atoms with van der Waals surface area (Å²) in [5.74, 6) is 1.22. The van der Waals surface area contributed by atoms with E-state index in [2.05, 4.69) is 0 Å². The molecule has 1 heterocycles. The van der Waals surface area contributed by atoms with E-state index in [1.807, 2.05) is 18.2 Å². The summed E-state index contributed by atoms with van der Waals surface area (Å²) in [7, 11) is 0. The second kappa shape index (κ2) is 3.48. The Morgan fingerprint density at radius 1 is 1.25 bits per heavy atom. The van der Waals surface area contributed by atoms with Crippen LogP contribution >= 0.6 is 0 Å². The number of hydrogen-bond acceptors (Lipinski definition) is 2. The van der Waals surface area contributed by atoms with Crippen LogP contribution in [0.2, 0.25) is 0 Å². The lowest BCUT2D eigenvalue weighted by Crippen LogP contribution is -2.01. The normalized spacial score (nSPS) is 15.1. The number of fused-ring (bicyclic) bond motifs is 3. The van der Waals surface area contributed by atoms with Crippen LogP contribution in [0.3, 0.4) is 0 Å². The fraction of sp³-hybridized carbons (Fsp3) is 0.357. The molecule has 1 aromatic heterocycles. The number of aryl methyl sites for hydroxylation is 2. The van der Waals surface area contributed by atoms with Crippen molar-refractivity contribution in [2.75, 3.05) is 0 Å². The molecule has 3 rings (SSSR count). The average Bonchev–Trinajstić information content (AvgIpc) is 2.66. The molecule has 0 bridgehead atoms. The van der Waals surface area contributed by atoms with E-state index in [1.165, 1.54) is 18.4 Å². The van der Waals surface area contributed by atoms with Crippen molar-refractivity contribution in [1.29, 1.82) is 0 Å². The van der Waals surface area contributed by atoms with Gasteiger partial charge in [-0.05, 0) is 32.3 Å². The van der Waals surface area contributed by atoms with Crippen molar-refractivity contribution in [2.45, 2.75) is 32.6 Å². The number of carbonyl (C=O) groups is 1. The second-order valence-electron chi connectivity index (χ2n) is 4.45.